The fourth-order valence-corrected chi connectivity index (χ4v) is 5.56. The summed E-state index contributed by atoms with van der Waals surface area (Å²) in [6, 6.07) is 7.04. The Morgan fingerprint density at radius 2 is 1.74 bits per heavy atom. The second kappa shape index (κ2) is 12.2. The first kappa shape index (κ1) is 25.3. The Hall–Kier alpha value is -2.81. The summed E-state index contributed by atoms with van der Waals surface area (Å²) in [5.74, 6) is 1.45. The summed E-state index contributed by atoms with van der Waals surface area (Å²) in [5.41, 5.74) is 0.733. The molecule has 0 bridgehead atoms. The first-order valence-electron chi connectivity index (χ1n) is 13.0. The third-order valence-corrected chi connectivity index (χ3v) is 7.53. The molecule has 4 rings (SSSR count). The molecule has 2 N–H and O–H groups in total. The van der Waals surface area contributed by atoms with Crippen LogP contribution in [-0.2, 0) is 9.59 Å². The number of amides is 4. The molecule has 35 heavy (non-hydrogen) atoms. The molecule has 1 aliphatic carbocycles. The number of ether oxygens (including phenoxy) is 1. The summed E-state index contributed by atoms with van der Waals surface area (Å²) in [4.78, 5) is 43.8. The van der Waals surface area contributed by atoms with Gasteiger partial charge >= 0.3 is 6.03 Å². The van der Waals surface area contributed by atoms with Gasteiger partial charge in [0.05, 0.1) is 13.2 Å². The zero-order valence-electron chi connectivity index (χ0n) is 20.8. The van der Waals surface area contributed by atoms with Crippen molar-refractivity contribution >= 4 is 23.5 Å². The molecule has 3 aliphatic rings. The van der Waals surface area contributed by atoms with Crippen LogP contribution in [-0.4, -0.2) is 91.5 Å². The van der Waals surface area contributed by atoms with E-state index in [2.05, 4.69) is 15.5 Å². The Morgan fingerprint density at radius 3 is 2.37 bits per heavy atom. The van der Waals surface area contributed by atoms with Crippen molar-refractivity contribution in [3.05, 3.63) is 24.3 Å². The van der Waals surface area contributed by atoms with E-state index in [0.29, 0.717) is 45.1 Å². The first-order valence-corrected chi connectivity index (χ1v) is 13.0. The van der Waals surface area contributed by atoms with Crippen LogP contribution in [0.25, 0.3) is 0 Å². The maximum atomic E-state index is 13.3. The van der Waals surface area contributed by atoms with E-state index in [1.807, 2.05) is 34.1 Å². The molecular formula is C26H39N5O4. The minimum atomic E-state index is -0.141. The summed E-state index contributed by atoms with van der Waals surface area (Å²) >= 11 is 0. The maximum absolute atomic E-state index is 13.3. The van der Waals surface area contributed by atoms with E-state index < -0.39 is 0 Å². The van der Waals surface area contributed by atoms with Crippen molar-refractivity contribution in [3.8, 4) is 5.75 Å². The van der Waals surface area contributed by atoms with Crippen molar-refractivity contribution in [1.82, 2.24) is 20.0 Å². The number of hydrogen-bond donors (Lipinski definition) is 2. The topological polar surface area (TPSA) is 94.2 Å². The third-order valence-electron chi connectivity index (χ3n) is 7.53. The number of anilines is 1. The molecule has 1 aromatic carbocycles. The highest BCUT2D eigenvalue weighted by molar-refractivity contribution is 5.89. The van der Waals surface area contributed by atoms with Gasteiger partial charge in [-0.3, -0.25) is 14.5 Å². The normalized spacial score (nSPS) is 20.2. The average molecular weight is 486 g/mol. The number of hydrogen-bond acceptors (Lipinski definition) is 5. The van der Waals surface area contributed by atoms with Crippen LogP contribution in [0.2, 0.25) is 0 Å². The highest BCUT2D eigenvalue weighted by Crippen LogP contribution is 2.31. The fourth-order valence-electron chi connectivity index (χ4n) is 5.56. The van der Waals surface area contributed by atoms with Crippen LogP contribution >= 0.6 is 0 Å². The van der Waals surface area contributed by atoms with E-state index in [0.717, 1.165) is 50.2 Å². The number of carbonyl (C=O) groups is 3. The number of benzene rings is 1. The molecule has 0 spiro atoms. The van der Waals surface area contributed by atoms with Gasteiger partial charge < -0.3 is 25.2 Å². The van der Waals surface area contributed by atoms with Gasteiger partial charge in [-0.1, -0.05) is 12.8 Å². The monoisotopic (exact) mass is 485 g/mol. The predicted octanol–water partition coefficient (Wildman–Crippen LogP) is 2.53. The molecule has 1 aromatic rings. The molecular weight excluding hydrogens is 446 g/mol. The summed E-state index contributed by atoms with van der Waals surface area (Å²) in [7, 11) is 1.61. The minimum Gasteiger partial charge on any atom is -0.497 e. The molecule has 192 valence electrons. The molecule has 4 amide bonds. The third kappa shape index (κ3) is 6.66. The largest absolute Gasteiger partial charge is 0.497 e. The van der Waals surface area contributed by atoms with Crippen LogP contribution in [0, 0.1) is 5.92 Å². The maximum Gasteiger partial charge on any atom is 0.321 e. The Bertz CT molecular complexity index is 863. The van der Waals surface area contributed by atoms with Gasteiger partial charge in [0.25, 0.3) is 0 Å². The van der Waals surface area contributed by atoms with Crippen LogP contribution in [0.15, 0.2) is 24.3 Å². The van der Waals surface area contributed by atoms with Crippen LogP contribution < -0.4 is 15.4 Å². The lowest BCUT2D eigenvalue weighted by molar-refractivity contribution is -0.129. The summed E-state index contributed by atoms with van der Waals surface area (Å²) in [5, 5.41) is 6.10. The number of nitrogens with zero attached hydrogens (tertiary/aromatic N) is 3. The van der Waals surface area contributed by atoms with Crippen LogP contribution in [0.1, 0.15) is 44.9 Å². The molecule has 9 nitrogen and oxygen atoms in total. The number of methoxy groups -OCH3 is 1. The average Bonchev–Trinajstić information content (AvgIpc) is 3.55. The van der Waals surface area contributed by atoms with Crippen LogP contribution in [0.5, 0.6) is 5.75 Å². The second-order valence-corrected chi connectivity index (χ2v) is 9.80. The highest BCUT2D eigenvalue weighted by atomic mass is 16.5. The Morgan fingerprint density at radius 1 is 1.03 bits per heavy atom. The number of piperazine rings is 1. The van der Waals surface area contributed by atoms with Crippen molar-refractivity contribution in [2.24, 2.45) is 5.92 Å². The standard InChI is InChI=1S/C26H39N5O4/c1-35-22-11-9-21(10-12-22)28-26(34)31-18-16-30(17-19-31)24(20-6-2-3-7-20)25(33)27-13-5-15-29-14-4-8-23(29)32/h9-12,20,24H,2-8,13-19H2,1H3,(H,27,33)(H,28,34)/t24-/m0/s1. The predicted molar refractivity (Wildman–Crippen MR) is 134 cm³/mol. The molecule has 1 atom stereocenters. The van der Waals surface area contributed by atoms with E-state index in [4.69, 9.17) is 4.74 Å². The Kier molecular flexibility index (Phi) is 8.84. The number of carbonyl (C=O) groups excluding carboxylic acids is 3. The fraction of sp³-hybridized carbons (Fsp3) is 0.654. The lowest BCUT2D eigenvalue weighted by atomic mass is 9.95. The lowest BCUT2D eigenvalue weighted by Crippen LogP contribution is -2.58. The smallest absolute Gasteiger partial charge is 0.321 e. The zero-order valence-corrected chi connectivity index (χ0v) is 20.8. The van der Waals surface area contributed by atoms with Gasteiger partial charge in [0.15, 0.2) is 0 Å². The van der Waals surface area contributed by atoms with Crippen molar-refractivity contribution in [2.45, 2.75) is 51.0 Å². The number of nitrogens with one attached hydrogen (secondary N) is 2. The molecule has 9 heteroatoms. The van der Waals surface area contributed by atoms with Gasteiger partial charge in [-0.2, -0.15) is 0 Å². The van der Waals surface area contributed by atoms with Crippen molar-refractivity contribution < 1.29 is 19.1 Å². The quantitative estimate of drug-likeness (QED) is 0.525. The lowest BCUT2D eigenvalue weighted by Gasteiger charge is -2.40. The van der Waals surface area contributed by atoms with E-state index in [-0.39, 0.29) is 23.9 Å². The van der Waals surface area contributed by atoms with Gasteiger partial charge in [-0.05, 0) is 55.9 Å². The molecule has 1 saturated carbocycles. The summed E-state index contributed by atoms with van der Waals surface area (Å²) < 4.78 is 5.17. The molecule has 2 saturated heterocycles. The van der Waals surface area contributed by atoms with Gasteiger partial charge in [-0.25, -0.2) is 4.79 Å². The van der Waals surface area contributed by atoms with Gasteiger partial charge in [0, 0.05) is 57.9 Å². The van der Waals surface area contributed by atoms with Crippen LogP contribution in [0.3, 0.4) is 0 Å². The van der Waals surface area contributed by atoms with E-state index in [1.54, 1.807) is 7.11 Å². The molecule has 2 aliphatic heterocycles. The molecule has 3 fully saturated rings. The first-order chi connectivity index (χ1) is 17.0. The molecule has 0 radical (unpaired) electrons. The summed E-state index contributed by atoms with van der Waals surface area (Å²) in [6.45, 7) is 4.71. The highest BCUT2D eigenvalue weighted by Gasteiger charge is 2.37. The molecule has 0 aromatic heterocycles. The summed E-state index contributed by atoms with van der Waals surface area (Å²) in [6.07, 6.45) is 6.90. The molecule has 0 unspecified atom stereocenters. The number of rotatable bonds is 9. The molecule has 2 heterocycles. The van der Waals surface area contributed by atoms with Crippen LogP contribution in [0.4, 0.5) is 10.5 Å². The van der Waals surface area contributed by atoms with Gasteiger partial charge in [-0.15, -0.1) is 0 Å². The van der Waals surface area contributed by atoms with E-state index >= 15 is 0 Å². The minimum absolute atomic E-state index is 0.0979. The van der Waals surface area contributed by atoms with Gasteiger partial charge in [0.1, 0.15) is 5.75 Å². The number of likely N-dealkylation sites (tertiary alicyclic amines) is 1. The second-order valence-electron chi connectivity index (χ2n) is 9.80. The zero-order chi connectivity index (χ0) is 24.6. The Balaban J connectivity index is 1.26. The SMILES string of the molecule is COc1ccc(NC(=O)N2CCN([C@H](C(=O)NCCCN3CCCC3=O)C3CCCC3)CC2)cc1. The Labute approximate surface area is 208 Å². The van der Waals surface area contributed by atoms with Crippen molar-refractivity contribution in [1.29, 1.82) is 0 Å². The van der Waals surface area contributed by atoms with E-state index in [9.17, 15) is 14.4 Å². The van der Waals surface area contributed by atoms with Crippen molar-refractivity contribution in [2.75, 3.05) is 58.2 Å². The van der Waals surface area contributed by atoms with E-state index in [1.165, 1.54) is 12.8 Å². The number of urea groups is 1. The van der Waals surface area contributed by atoms with Crippen molar-refractivity contribution in [3.63, 3.8) is 0 Å². The van der Waals surface area contributed by atoms with Gasteiger partial charge in [0.2, 0.25) is 11.8 Å².